The minimum absolute atomic E-state index is 0.0122. The highest BCUT2D eigenvalue weighted by atomic mass is 28.4. The van der Waals surface area contributed by atoms with Crippen molar-refractivity contribution in [1.82, 2.24) is 0 Å². The topological polar surface area (TPSA) is 44.8 Å². The van der Waals surface area contributed by atoms with E-state index in [1.165, 1.54) is 23.0 Å². The largest absolute Gasteiger partial charge is 0.469 e. The summed E-state index contributed by atoms with van der Waals surface area (Å²) >= 11 is 0. The minimum Gasteiger partial charge on any atom is -0.469 e. The van der Waals surface area contributed by atoms with Gasteiger partial charge in [-0.1, -0.05) is 124 Å². The fourth-order valence-electron chi connectivity index (χ4n) is 7.55. The number of carbonyl (C=O) groups excluding carboxylic acids is 1. The maximum Gasteiger partial charge on any atom is 0.305 e. The van der Waals surface area contributed by atoms with Gasteiger partial charge in [0.1, 0.15) is 0 Å². The number of hydrogen-bond acceptors (Lipinski definition) is 4. The van der Waals surface area contributed by atoms with Crippen LogP contribution in [0.25, 0.3) is 0 Å². The van der Waals surface area contributed by atoms with E-state index in [1.54, 1.807) is 0 Å². The summed E-state index contributed by atoms with van der Waals surface area (Å²) in [5.74, 6) is 0.561. The Morgan fingerprint density at radius 1 is 0.929 bits per heavy atom. The smallest absolute Gasteiger partial charge is 0.305 e. The molecule has 0 radical (unpaired) electrons. The van der Waals surface area contributed by atoms with Crippen molar-refractivity contribution in [3.05, 3.63) is 109 Å². The van der Waals surface area contributed by atoms with Gasteiger partial charge >= 0.3 is 5.97 Å². The molecule has 0 N–H and O–H groups in total. The molecule has 3 aromatic carbocycles. The lowest BCUT2D eigenvalue weighted by molar-refractivity contribution is -0.140. The Balaban J connectivity index is 1.45. The Morgan fingerprint density at radius 3 is 2.10 bits per heavy atom. The maximum atomic E-state index is 11.5. The van der Waals surface area contributed by atoms with Crippen LogP contribution < -0.4 is 10.4 Å². The first-order valence-electron chi connectivity index (χ1n) is 15.5. The Hall–Kier alpha value is -2.99. The Bertz CT molecular complexity index is 1280. The van der Waals surface area contributed by atoms with E-state index in [1.807, 2.05) is 0 Å². The van der Waals surface area contributed by atoms with Crippen LogP contribution in [-0.4, -0.2) is 40.7 Å². The molecular formula is C37H46O4Si. The summed E-state index contributed by atoms with van der Waals surface area (Å²) < 4.78 is 18.8. The van der Waals surface area contributed by atoms with Gasteiger partial charge in [-0.2, -0.15) is 0 Å². The van der Waals surface area contributed by atoms with E-state index in [0.717, 1.165) is 32.3 Å². The fourth-order valence-corrected chi connectivity index (χ4v) is 12.2. The zero-order valence-corrected chi connectivity index (χ0v) is 26.6. The summed E-state index contributed by atoms with van der Waals surface area (Å²) in [6.07, 6.45) is 8.92. The molecule has 1 saturated heterocycles. The van der Waals surface area contributed by atoms with Crippen LogP contribution in [0.3, 0.4) is 0 Å². The predicted molar refractivity (Wildman–Crippen MR) is 173 cm³/mol. The van der Waals surface area contributed by atoms with Crippen molar-refractivity contribution in [2.75, 3.05) is 20.3 Å². The third-order valence-electron chi connectivity index (χ3n) is 9.62. The second kappa shape index (κ2) is 13.1. The van der Waals surface area contributed by atoms with Crippen LogP contribution in [0.5, 0.6) is 0 Å². The van der Waals surface area contributed by atoms with E-state index in [-0.39, 0.29) is 22.5 Å². The highest BCUT2D eigenvalue weighted by molar-refractivity contribution is 6.99. The number of hydrogen-bond donors (Lipinski definition) is 0. The Labute approximate surface area is 253 Å². The minimum atomic E-state index is -2.66. The van der Waals surface area contributed by atoms with Crippen molar-refractivity contribution in [1.29, 1.82) is 0 Å². The average Bonchev–Trinajstić information content (AvgIpc) is 3.58. The van der Waals surface area contributed by atoms with Gasteiger partial charge in [0.2, 0.25) is 0 Å². The van der Waals surface area contributed by atoms with Gasteiger partial charge in [-0.05, 0) is 52.6 Å². The van der Waals surface area contributed by atoms with Gasteiger partial charge in [-0.3, -0.25) is 4.79 Å². The Kier molecular flexibility index (Phi) is 9.51. The number of benzene rings is 3. The van der Waals surface area contributed by atoms with Crippen molar-refractivity contribution in [2.24, 2.45) is 11.8 Å². The SMILES string of the molecule is COC(=O)CCCC=CC[C@@H]1[C@@H](CO[Si](c2ccccc2)(c2ccccc2)C(C)(C)C)[C@H]2C[C@]1(c1ccccc1)CO2. The van der Waals surface area contributed by atoms with E-state index in [9.17, 15) is 4.79 Å². The highest BCUT2D eigenvalue weighted by Gasteiger charge is 2.60. The summed E-state index contributed by atoms with van der Waals surface area (Å²) in [6.45, 7) is 8.47. The summed E-state index contributed by atoms with van der Waals surface area (Å²) in [7, 11) is -1.21. The molecule has 4 atom stereocenters. The van der Waals surface area contributed by atoms with E-state index in [2.05, 4.69) is 124 Å². The van der Waals surface area contributed by atoms with Gasteiger partial charge in [-0.25, -0.2) is 0 Å². The van der Waals surface area contributed by atoms with Crippen molar-refractivity contribution in [3.8, 4) is 0 Å². The average molecular weight is 583 g/mol. The third-order valence-corrected chi connectivity index (χ3v) is 14.6. The molecule has 0 unspecified atom stereocenters. The second-order valence-corrected chi connectivity index (χ2v) is 17.3. The number of esters is 1. The van der Waals surface area contributed by atoms with E-state index < -0.39 is 8.32 Å². The number of fused-ring (bicyclic) bond motifs is 2. The van der Waals surface area contributed by atoms with Crippen LogP contribution in [0, 0.1) is 11.8 Å². The predicted octanol–water partition coefficient (Wildman–Crippen LogP) is 6.83. The molecule has 0 amide bonds. The van der Waals surface area contributed by atoms with Crippen molar-refractivity contribution >= 4 is 24.7 Å². The molecule has 0 aromatic heterocycles. The molecule has 222 valence electrons. The number of unbranched alkanes of at least 4 members (excludes halogenated alkanes) is 1. The van der Waals surface area contributed by atoms with Gasteiger partial charge in [-0.15, -0.1) is 0 Å². The molecule has 2 bridgehead atoms. The van der Waals surface area contributed by atoms with Gasteiger partial charge in [0, 0.05) is 24.4 Å². The molecule has 3 aromatic rings. The molecule has 2 aliphatic rings. The summed E-state index contributed by atoms with van der Waals surface area (Å²) in [5, 5.41) is 2.56. The molecule has 1 aliphatic heterocycles. The van der Waals surface area contributed by atoms with Gasteiger partial charge in [0.05, 0.1) is 19.8 Å². The molecule has 0 spiro atoms. The summed E-state index contributed by atoms with van der Waals surface area (Å²) in [5.41, 5.74) is 1.37. The molecule has 1 aliphatic carbocycles. The molecule has 1 saturated carbocycles. The van der Waals surface area contributed by atoms with Gasteiger partial charge < -0.3 is 13.9 Å². The number of carbonyl (C=O) groups is 1. The lowest BCUT2D eigenvalue weighted by Gasteiger charge is -2.45. The van der Waals surface area contributed by atoms with E-state index in [4.69, 9.17) is 13.9 Å². The van der Waals surface area contributed by atoms with E-state index >= 15 is 0 Å². The maximum absolute atomic E-state index is 11.5. The highest BCUT2D eigenvalue weighted by Crippen LogP contribution is 2.57. The first-order chi connectivity index (χ1) is 20.3. The zero-order chi connectivity index (χ0) is 29.6. The van der Waals surface area contributed by atoms with Gasteiger partial charge in [0.25, 0.3) is 8.32 Å². The second-order valence-electron chi connectivity index (χ2n) is 13.0. The van der Waals surface area contributed by atoms with E-state index in [0.29, 0.717) is 24.9 Å². The number of rotatable bonds is 12. The van der Waals surface area contributed by atoms with Crippen LogP contribution in [0.2, 0.25) is 5.04 Å². The Morgan fingerprint density at radius 2 is 1.52 bits per heavy atom. The third kappa shape index (κ3) is 5.92. The normalized spacial score (nSPS) is 23.9. The van der Waals surface area contributed by atoms with Crippen molar-refractivity contribution in [2.45, 2.75) is 69.4 Å². The first kappa shape index (κ1) is 30.5. The molecule has 5 heteroatoms. The standard InChI is InChI=1S/C37H46O4Si/c1-36(2,3)42(30-20-12-8-13-21-30,31-22-14-9-15-23-31)41-27-32-33(24-16-5-6-17-25-35(38)39-4)37(26-34(32)40-28-37)29-18-10-7-11-19-29/h5,7-16,18-23,32-34H,6,17,24-28H2,1-4H3/t32-,33-,34-,37-/m1/s1. The van der Waals surface area contributed by atoms with Crippen LogP contribution in [-0.2, 0) is 24.1 Å². The lowest BCUT2D eigenvalue weighted by atomic mass is 9.69. The fraction of sp³-hybridized carbons (Fsp3) is 0.432. The number of allylic oxidation sites excluding steroid dienone is 2. The van der Waals surface area contributed by atoms with Gasteiger partial charge in [0.15, 0.2) is 0 Å². The van der Waals surface area contributed by atoms with Crippen molar-refractivity contribution < 1.29 is 18.7 Å². The summed E-state index contributed by atoms with van der Waals surface area (Å²) in [6, 6.07) is 32.8. The van der Waals surface area contributed by atoms with Crippen LogP contribution in [0.15, 0.2) is 103 Å². The zero-order valence-electron chi connectivity index (χ0n) is 25.6. The molecule has 1 heterocycles. The number of ether oxygens (including phenoxy) is 2. The first-order valence-corrected chi connectivity index (χ1v) is 17.4. The monoisotopic (exact) mass is 582 g/mol. The molecule has 2 fully saturated rings. The van der Waals surface area contributed by atoms with Crippen molar-refractivity contribution in [3.63, 3.8) is 0 Å². The number of methoxy groups -OCH3 is 1. The lowest BCUT2D eigenvalue weighted by Crippen LogP contribution is -2.67. The van der Waals surface area contributed by atoms with Crippen LogP contribution >= 0.6 is 0 Å². The van der Waals surface area contributed by atoms with Crippen LogP contribution in [0.1, 0.15) is 58.4 Å². The molecule has 5 rings (SSSR count). The molecular weight excluding hydrogens is 536 g/mol. The molecule has 42 heavy (non-hydrogen) atoms. The molecule has 4 nitrogen and oxygen atoms in total. The quantitative estimate of drug-likeness (QED) is 0.102. The van der Waals surface area contributed by atoms with Crippen LogP contribution in [0.4, 0.5) is 0 Å². The summed E-state index contributed by atoms with van der Waals surface area (Å²) in [4.78, 5) is 11.5.